The molecule has 0 unspecified atom stereocenters. The van der Waals surface area contributed by atoms with Crippen LogP contribution in [0.3, 0.4) is 0 Å². The van der Waals surface area contributed by atoms with Crippen LogP contribution in [0.15, 0.2) is 18.2 Å². The Hall–Kier alpha value is -1.69. The molecule has 0 bridgehead atoms. The van der Waals surface area contributed by atoms with Crippen molar-refractivity contribution >= 4 is 15.9 Å². The number of amides is 1. The highest BCUT2D eigenvalue weighted by atomic mass is 32.2. The number of fused-ring (bicyclic) bond motifs is 1. The molecule has 4 rings (SSSR count). The van der Waals surface area contributed by atoms with E-state index in [4.69, 9.17) is 4.74 Å². The summed E-state index contributed by atoms with van der Waals surface area (Å²) in [6, 6.07) is 6.00. The summed E-state index contributed by atoms with van der Waals surface area (Å²) < 4.78 is 70.7. The predicted octanol–water partition coefficient (Wildman–Crippen LogP) is 4.74. The molecule has 2 heterocycles. The van der Waals surface area contributed by atoms with Gasteiger partial charge >= 0.3 is 6.18 Å². The Balaban J connectivity index is 1.35. The number of nitrogens with zero attached hydrogens (tertiary/aromatic N) is 2. The molecule has 0 radical (unpaired) electrons. The maximum Gasteiger partial charge on any atom is 0.417 e. The van der Waals surface area contributed by atoms with Gasteiger partial charge in [-0.15, -0.1) is 0 Å². The van der Waals surface area contributed by atoms with Crippen LogP contribution in [0.5, 0.6) is 0 Å². The lowest BCUT2D eigenvalue weighted by molar-refractivity contribution is -0.282. The topological polar surface area (TPSA) is 79.0 Å². The molecule has 220 valence electrons. The van der Waals surface area contributed by atoms with E-state index in [2.05, 4.69) is 24.1 Å². The molecule has 39 heavy (non-hydrogen) atoms. The number of alkyl halides is 3. The fraction of sp³-hybridized carbons (Fsp3) is 0.750. The fourth-order valence-corrected chi connectivity index (χ4v) is 7.56. The molecular weight excluding hydrogens is 531 g/mol. The minimum Gasteiger partial charge on any atom is -0.369 e. The molecule has 2 aliphatic heterocycles. The second kappa shape index (κ2) is 11.7. The molecule has 1 aromatic rings. The molecule has 3 aliphatic rings. The Morgan fingerprint density at radius 3 is 2.31 bits per heavy atom. The third-order valence-electron chi connectivity index (χ3n) is 9.03. The van der Waals surface area contributed by atoms with Gasteiger partial charge in [0.2, 0.25) is 10.0 Å². The Morgan fingerprint density at radius 2 is 1.77 bits per heavy atom. The minimum atomic E-state index is -4.36. The van der Waals surface area contributed by atoms with Crippen LogP contribution in [0.2, 0.25) is 0 Å². The van der Waals surface area contributed by atoms with Gasteiger partial charge in [0.15, 0.2) is 5.60 Å². The smallest absolute Gasteiger partial charge is 0.369 e. The lowest BCUT2D eigenvalue weighted by Crippen LogP contribution is -2.50. The highest BCUT2D eigenvalue weighted by Crippen LogP contribution is 2.47. The van der Waals surface area contributed by atoms with Crippen molar-refractivity contribution in [3.05, 3.63) is 34.9 Å². The predicted molar refractivity (Wildman–Crippen MR) is 144 cm³/mol. The molecule has 1 saturated carbocycles. The average molecular weight is 574 g/mol. The van der Waals surface area contributed by atoms with Crippen LogP contribution in [-0.4, -0.2) is 74.9 Å². The molecule has 1 saturated heterocycles. The SMILES string of the molecule is COC1(C(F)(F)F)CCC(CN2Cc3cc(C(=O)NCC4CCN(S(C)(=O)=O)CC4)ccc3[C@@H]2C(C)C)CC1. The van der Waals surface area contributed by atoms with Gasteiger partial charge in [0.1, 0.15) is 0 Å². The standard InChI is InChI=1S/C28H42F3N3O4S/c1-19(2)25-24-6-5-22(26(35)32-16-20-9-13-34(14-10-20)39(4,36)37)15-23(24)18-33(25)17-21-7-11-27(38-3,12-8-21)28(29,30)31/h5-6,15,19-21,25H,7-14,16-18H2,1-4H3,(H,32,35)/t21?,25-,27?/m0/s1. The molecule has 1 aliphatic carbocycles. The first-order valence-electron chi connectivity index (χ1n) is 14.0. The second-order valence-corrected chi connectivity index (χ2v) is 14.0. The van der Waals surface area contributed by atoms with Gasteiger partial charge in [0, 0.05) is 51.4 Å². The number of nitrogens with one attached hydrogen (secondary N) is 1. The number of rotatable bonds is 8. The van der Waals surface area contributed by atoms with E-state index < -0.39 is 21.8 Å². The number of methoxy groups -OCH3 is 1. The van der Waals surface area contributed by atoms with E-state index in [1.807, 2.05) is 18.2 Å². The van der Waals surface area contributed by atoms with E-state index in [0.717, 1.165) is 32.1 Å². The Morgan fingerprint density at radius 1 is 1.13 bits per heavy atom. The number of carbonyl (C=O) groups is 1. The summed E-state index contributed by atoms with van der Waals surface area (Å²) in [4.78, 5) is 15.3. The first-order valence-corrected chi connectivity index (χ1v) is 15.8. The Bertz CT molecular complexity index is 1130. The molecule has 7 nitrogen and oxygen atoms in total. The van der Waals surface area contributed by atoms with Crippen LogP contribution >= 0.6 is 0 Å². The van der Waals surface area contributed by atoms with Crippen LogP contribution in [0.4, 0.5) is 13.2 Å². The van der Waals surface area contributed by atoms with Gasteiger partial charge in [-0.1, -0.05) is 19.9 Å². The van der Waals surface area contributed by atoms with Gasteiger partial charge in [-0.3, -0.25) is 9.69 Å². The Labute approximate surface area is 230 Å². The van der Waals surface area contributed by atoms with E-state index in [1.54, 1.807) is 0 Å². The number of sulfonamides is 1. The summed E-state index contributed by atoms with van der Waals surface area (Å²) >= 11 is 0. The van der Waals surface area contributed by atoms with Crippen LogP contribution < -0.4 is 5.32 Å². The van der Waals surface area contributed by atoms with Crippen molar-refractivity contribution in [2.24, 2.45) is 17.8 Å². The van der Waals surface area contributed by atoms with Crippen molar-refractivity contribution in [3.8, 4) is 0 Å². The van der Waals surface area contributed by atoms with Gasteiger partial charge in [-0.2, -0.15) is 13.2 Å². The van der Waals surface area contributed by atoms with Crippen molar-refractivity contribution < 1.29 is 31.1 Å². The monoisotopic (exact) mass is 573 g/mol. The average Bonchev–Trinajstić information content (AvgIpc) is 3.24. The highest BCUT2D eigenvalue weighted by molar-refractivity contribution is 7.88. The van der Waals surface area contributed by atoms with Crippen molar-refractivity contribution in [2.75, 3.05) is 39.5 Å². The molecule has 2 fully saturated rings. The van der Waals surface area contributed by atoms with Gasteiger partial charge in [-0.25, -0.2) is 12.7 Å². The van der Waals surface area contributed by atoms with Gasteiger partial charge in [-0.05, 0) is 79.5 Å². The van der Waals surface area contributed by atoms with E-state index in [9.17, 15) is 26.4 Å². The number of benzene rings is 1. The van der Waals surface area contributed by atoms with Crippen molar-refractivity contribution in [3.63, 3.8) is 0 Å². The quantitative estimate of drug-likeness (QED) is 0.486. The Kier molecular flexibility index (Phi) is 9.05. The lowest BCUT2D eigenvalue weighted by Gasteiger charge is -2.41. The van der Waals surface area contributed by atoms with E-state index in [-0.39, 0.29) is 36.6 Å². The number of hydrogen-bond donors (Lipinski definition) is 1. The molecule has 0 spiro atoms. The summed E-state index contributed by atoms with van der Waals surface area (Å²) in [5, 5.41) is 3.03. The molecule has 1 atom stereocenters. The molecule has 1 aromatic carbocycles. The van der Waals surface area contributed by atoms with E-state index in [1.165, 1.54) is 16.1 Å². The van der Waals surface area contributed by atoms with Crippen LogP contribution in [-0.2, 0) is 21.3 Å². The zero-order valence-corrected chi connectivity index (χ0v) is 24.2. The summed E-state index contributed by atoms with van der Waals surface area (Å²) in [5.41, 5.74) is 0.855. The number of piperidine rings is 1. The normalized spacial score (nSPS) is 27.6. The maximum absolute atomic E-state index is 13.6. The van der Waals surface area contributed by atoms with Crippen LogP contribution in [0.25, 0.3) is 0 Å². The number of carbonyl (C=O) groups excluding carboxylic acids is 1. The van der Waals surface area contributed by atoms with Crippen molar-refractivity contribution in [2.45, 2.75) is 76.7 Å². The first kappa shape index (κ1) is 30.3. The molecular formula is C28H42F3N3O4S. The summed E-state index contributed by atoms with van der Waals surface area (Å²) in [6.07, 6.45) is -0.769. The zero-order chi connectivity index (χ0) is 28.6. The molecule has 0 aromatic heterocycles. The van der Waals surface area contributed by atoms with Crippen LogP contribution in [0, 0.1) is 17.8 Å². The lowest BCUT2D eigenvalue weighted by atomic mass is 9.77. The zero-order valence-electron chi connectivity index (χ0n) is 23.4. The third kappa shape index (κ3) is 6.63. The molecule has 1 amide bonds. The molecule has 11 heteroatoms. The summed E-state index contributed by atoms with van der Waals surface area (Å²) in [6.45, 7) is 7.18. The summed E-state index contributed by atoms with van der Waals surface area (Å²) in [5.74, 6) is 0.591. The van der Waals surface area contributed by atoms with Gasteiger partial charge in [0.25, 0.3) is 5.91 Å². The highest BCUT2D eigenvalue weighted by Gasteiger charge is 2.56. The molecule has 1 N–H and O–H groups in total. The minimum absolute atomic E-state index is 0.0115. The number of halogens is 3. The number of hydrogen-bond acceptors (Lipinski definition) is 5. The van der Waals surface area contributed by atoms with E-state index in [0.29, 0.717) is 50.5 Å². The van der Waals surface area contributed by atoms with E-state index >= 15 is 0 Å². The number of ether oxygens (including phenoxy) is 1. The largest absolute Gasteiger partial charge is 0.417 e. The maximum atomic E-state index is 13.6. The first-order chi connectivity index (χ1) is 18.2. The van der Waals surface area contributed by atoms with Crippen molar-refractivity contribution in [1.82, 2.24) is 14.5 Å². The van der Waals surface area contributed by atoms with Gasteiger partial charge < -0.3 is 10.1 Å². The second-order valence-electron chi connectivity index (χ2n) is 12.0. The summed E-state index contributed by atoms with van der Waals surface area (Å²) in [7, 11) is -2.01. The van der Waals surface area contributed by atoms with Crippen molar-refractivity contribution in [1.29, 1.82) is 0 Å². The third-order valence-corrected chi connectivity index (χ3v) is 10.3. The van der Waals surface area contributed by atoms with Gasteiger partial charge in [0.05, 0.1) is 6.26 Å². The van der Waals surface area contributed by atoms with Crippen LogP contribution in [0.1, 0.15) is 79.9 Å². The fourth-order valence-electron chi connectivity index (χ4n) is 6.69.